The van der Waals surface area contributed by atoms with Gasteiger partial charge in [-0.2, -0.15) is 13.2 Å². The lowest BCUT2D eigenvalue weighted by Crippen LogP contribution is -2.53. The summed E-state index contributed by atoms with van der Waals surface area (Å²) in [6, 6.07) is 4.82. The second-order valence-electron chi connectivity index (χ2n) is 7.83. The number of hydrogen-bond acceptors (Lipinski definition) is 4. The number of urea groups is 1. The van der Waals surface area contributed by atoms with Crippen molar-refractivity contribution in [3.63, 3.8) is 0 Å². The summed E-state index contributed by atoms with van der Waals surface area (Å²) in [6.07, 6.45) is -2.77. The number of carbonyl (C=O) groups is 1. The molecule has 0 bridgehead atoms. The van der Waals surface area contributed by atoms with E-state index in [0.717, 1.165) is 18.4 Å². The predicted octanol–water partition coefficient (Wildman–Crippen LogP) is 2.11. The number of amides is 2. The van der Waals surface area contributed by atoms with E-state index < -0.39 is 21.8 Å². The van der Waals surface area contributed by atoms with Gasteiger partial charge in [0.2, 0.25) is 10.0 Å². The standard InChI is InChI=1S/C19H26F3N3O4S/c1-30(27,28)23-11-14-10-16(15-2-4-17(5-3-15)19(20,21)22)13-25(12-14)18(26)24-6-8-29-9-7-24/h2-5,14,16,23H,6-13H2,1H3. The number of halogens is 3. The van der Waals surface area contributed by atoms with E-state index in [1.165, 1.54) is 12.1 Å². The maximum atomic E-state index is 13.0. The predicted molar refractivity (Wildman–Crippen MR) is 104 cm³/mol. The van der Waals surface area contributed by atoms with Gasteiger partial charge < -0.3 is 14.5 Å². The van der Waals surface area contributed by atoms with Crippen LogP contribution < -0.4 is 4.72 Å². The molecule has 30 heavy (non-hydrogen) atoms. The summed E-state index contributed by atoms with van der Waals surface area (Å²) in [5.41, 5.74) is -0.0227. The molecule has 168 valence electrons. The minimum Gasteiger partial charge on any atom is -0.378 e. The summed E-state index contributed by atoms with van der Waals surface area (Å²) in [5.74, 6) is -0.330. The number of hydrogen-bond donors (Lipinski definition) is 1. The average Bonchev–Trinajstić information content (AvgIpc) is 2.71. The van der Waals surface area contributed by atoms with Gasteiger partial charge in [0.15, 0.2) is 0 Å². The van der Waals surface area contributed by atoms with Crippen molar-refractivity contribution in [3.05, 3.63) is 35.4 Å². The summed E-state index contributed by atoms with van der Waals surface area (Å²) in [4.78, 5) is 16.3. The van der Waals surface area contributed by atoms with Crippen molar-refractivity contribution in [3.8, 4) is 0 Å². The number of rotatable bonds is 4. The molecule has 2 atom stereocenters. The highest BCUT2D eigenvalue weighted by atomic mass is 32.2. The number of nitrogens with one attached hydrogen (secondary N) is 1. The minimum atomic E-state index is -4.41. The molecule has 1 aromatic rings. The number of morpholine rings is 1. The number of nitrogens with zero attached hydrogens (tertiary/aromatic N) is 2. The second-order valence-corrected chi connectivity index (χ2v) is 9.66. The van der Waals surface area contributed by atoms with Crippen LogP contribution in [0, 0.1) is 5.92 Å². The Morgan fingerprint density at radius 1 is 1.13 bits per heavy atom. The van der Waals surface area contributed by atoms with E-state index in [9.17, 15) is 26.4 Å². The number of sulfonamides is 1. The van der Waals surface area contributed by atoms with Gasteiger partial charge in [0, 0.05) is 38.6 Å². The summed E-state index contributed by atoms with van der Waals surface area (Å²) in [6.45, 7) is 2.80. The van der Waals surface area contributed by atoms with Gasteiger partial charge in [0.1, 0.15) is 0 Å². The number of piperidine rings is 1. The van der Waals surface area contributed by atoms with Crippen LogP contribution in [0.15, 0.2) is 24.3 Å². The Morgan fingerprint density at radius 2 is 1.77 bits per heavy atom. The molecule has 2 unspecified atom stereocenters. The van der Waals surface area contributed by atoms with Crippen LogP contribution in [0.2, 0.25) is 0 Å². The van der Waals surface area contributed by atoms with Crippen molar-refractivity contribution in [1.82, 2.24) is 14.5 Å². The molecule has 2 aliphatic rings. The summed E-state index contributed by atoms with van der Waals surface area (Å²) in [7, 11) is -3.39. The molecule has 0 aromatic heterocycles. The Balaban J connectivity index is 1.77. The van der Waals surface area contributed by atoms with Crippen molar-refractivity contribution in [2.24, 2.45) is 5.92 Å². The first kappa shape index (κ1) is 22.8. The van der Waals surface area contributed by atoms with E-state index in [-0.39, 0.29) is 24.4 Å². The topological polar surface area (TPSA) is 79.0 Å². The fourth-order valence-electron chi connectivity index (χ4n) is 3.92. The first-order chi connectivity index (χ1) is 14.0. The molecular formula is C19H26F3N3O4S. The number of likely N-dealkylation sites (tertiary alicyclic amines) is 1. The first-order valence-electron chi connectivity index (χ1n) is 9.76. The number of benzene rings is 1. The third kappa shape index (κ3) is 6.08. The van der Waals surface area contributed by atoms with Gasteiger partial charge in [0.05, 0.1) is 25.0 Å². The molecule has 2 amide bonds. The van der Waals surface area contributed by atoms with Crippen LogP contribution in [-0.2, 0) is 20.9 Å². The Kier molecular flexibility index (Phi) is 6.93. The molecule has 2 saturated heterocycles. The van der Waals surface area contributed by atoms with Gasteiger partial charge in [-0.05, 0) is 30.0 Å². The van der Waals surface area contributed by atoms with Crippen molar-refractivity contribution in [2.75, 3.05) is 52.2 Å². The molecule has 11 heteroatoms. The molecule has 0 aliphatic carbocycles. The molecule has 1 aromatic carbocycles. The minimum absolute atomic E-state index is 0.147. The first-order valence-corrected chi connectivity index (χ1v) is 11.7. The highest BCUT2D eigenvalue weighted by Gasteiger charge is 2.35. The lowest BCUT2D eigenvalue weighted by atomic mass is 9.84. The van der Waals surface area contributed by atoms with Gasteiger partial charge in [-0.25, -0.2) is 17.9 Å². The molecule has 7 nitrogen and oxygen atoms in total. The summed E-state index contributed by atoms with van der Waals surface area (Å²) in [5, 5.41) is 0. The Labute approximate surface area is 174 Å². The van der Waals surface area contributed by atoms with Gasteiger partial charge in [-0.3, -0.25) is 0 Å². The average molecular weight is 449 g/mol. The van der Waals surface area contributed by atoms with Crippen LogP contribution in [0.1, 0.15) is 23.5 Å². The van der Waals surface area contributed by atoms with Crippen LogP contribution in [0.3, 0.4) is 0 Å². The van der Waals surface area contributed by atoms with E-state index >= 15 is 0 Å². The lowest BCUT2D eigenvalue weighted by Gasteiger charge is -2.41. The lowest BCUT2D eigenvalue weighted by molar-refractivity contribution is -0.137. The zero-order chi connectivity index (χ0) is 21.9. The third-order valence-electron chi connectivity index (χ3n) is 5.43. The van der Waals surface area contributed by atoms with Crippen LogP contribution in [0.25, 0.3) is 0 Å². The SMILES string of the molecule is CS(=O)(=O)NCC1CC(c2ccc(C(F)(F)F)cc2)CN(C(=O)N2CCOCC2)C1. The molecule has 0 spiro atoms. The van der Waals surface area contributed by atoms with E-state index in [4.69, 9.17) is 4.74 Å². The van der Waals surface area contributed by atoms with Crippen LogP contribution >= 0.6 is 0 Å². The van der Waals surface area contributed by atoms with Crippen molar-refractivity contribution in [1.29, 1.82) is 0 Å². The molecule has 2 heterocycles. The van der Waals surface area contributed by atoms with Crippen LogP contribution in [0.5, 0.6) is 0 Å². The molecule has 0 radical (unpaired) electrons. The van der Waals surface area contributed by atoms with E-state index in [2.05, 4.69) is 4.72 Å². The summed E-state index contributed by atoms with van der Waals surface area (Å²) < 4.78 is 69.4. The van der Waals surface area contributed by atoms with Gasteiger partial charge in [-0.15, -0.1) is 0 Å². The van der Waals surface area contributed by atoms with Crippen LogP contribution in [0.4, 0.5) is 18.0 Å². The molecule has 3 rings (SSSR count). The van der Waals surface area contributed by atoms with E-state index in [1.807, 2.05) is 0 Å². The Morgan fingerprint density at radius 3 is 2.33 bits per heavy atom. The molecule has 0 saturated carbocycles. The quantitative estimate of drug-likeness (QED) is 0.764. The highest BCUT2D eigenvalue weighted by molar-refractivity contribution is 7.88. The van der Waals surface area contributed by atoms with Gasteiger partial charge in [0.25, 0.3) is 0 Å². The van der Waals surface area contributed by atoms with Crippen molar-refractivity contribution < 1.29 is 31.1 Å². The van der Waals surface area contributed by atoms with E-state index in [1.54, 1.807) is 9.80 Å². The van der Waals surface area contributed by atoms with Crippen LogP contribution in [-0.4, -0.2) is 76.4 Å². The molecule has 1 N–H and O–H groups in total. The maximum absolute atomic E-state index is 13.0. The fraction of sp³-hybridized carbons (Fsp3) is 0.632. The molecule has 2 aliphatic heterocycles. The van der Waals surface area contributed by atoms with Gasteiger partial charge >= 0.3 is 12.2 Å². The van der Waals surface area contributed by atoms with Crippen molar-refractivity contribution >= 4 is 16.1 Å². The number of alkyl halides is 3. The third-order valence-corrected chi connectivity index (χ3v) is 6.12. The smallest absolute Gasteiger partial charge is 0.378 e. The number of ether oxygens (including phenoxy) is 1. The second kappa shape index (κ2) is 9.11. The zero-order valence-corrected chi connectivity index (χ0v) is 17.5. The summed E-state index contributed by atoms with van der Waals surface area (Å²) >= 11 is 0. The van der Waals surface area contributed by atoms with Gasteiger partial charge in [-0.1, -0.05) is 12.1 Å². The van der Waals surface area contributed by atoms with E-state index in [0.29, 0.717) is 51.4 Å². The fourth-order valence-corrected chi connectivity index (χ4v) is 4.46. The van der Waals surface area contributed by atoms with Crippen molar-refractivity contribution in [2.45, 2.75) is 18.5 Å². The molecule has 2 fully saturated rings. The highest BCUT2D eigenvalue weighted by Crippen LogP contribution is 2.34. The monoisotopic (exact) mass is 449 g/mol. The zero-order valence-electron chi connectivity index (χ0n) is 16.7. The maximum Gasteiger partial charge on any atom is 0.416 e. The molecular weight excluding hydrogens is 423 g/mol. The number of carbonyl (C=O) groups excluding carboxylic acids is 1. The normalized spacial score (nSPS) is 23.5. The Hall–Kier alpha value is -1.85. The largest absolute Gasteiger partial charge is 0.416 e. The Bertz CT molecular complexity index is 840.